The average Bonchev–Trinajstić information content (AvgIpc) is 3.26. The highest BCUT2D eigenvalue weighted by atomic mass is 16.4. The van der Waals surface area contributed by atoms with Gasteiger partial charge in [0, 0.05) is 11.1 Å². The molecule has 0 N–H and O–H groups in total. The molecule has 0 saturated carbocycles. The molecule has 0 aliphatic rings. The van der Waals surface area contributed by atoms with Gasteiger partial charge in [-0.15, -0.1) is 0 Å². The van der Waals surface area contributed by atoms with Crippen LogP contribution < -0.4 is 0 Å². The summed E-state index contributed by atoms with van der Waals surface area (Å²) in [5.74, 6) is 3.16. The van der Waals surface area contributed by atoms with Gasteiger partial charge in [-0.25, -0.2) is 0 Å². The van der Waals surface area contributed by atoms with Crippen LogP contribution >= 0.6 is 0 Å². The molecule has 0 aliphatic heterocycles. The van der Waals surface area contributed by atoms with Crippen LogP contribution in [0.3, 0.4) is 0 Å². The van der Waals surface area contributed by atoms with Crippen molar-refractivity contribution in [3.63, 3.8) is 0 Å². The van der Waals surface area contributed by atoms with E-state index in [0.29, 0.717) is 0 Å². The number of furan rings is 2. The van der Waals surface area contributed by atoms with Gasteiger partial charge in [-0.2, -0.15) is 0 Å². The highest BCUT2D eigenvalue weighted by Gasteiger charge is 2.11. The molecule has 0 atom stereocenters. The van der Waals surface area contributed by atoms with Crippen molar-refractivity contribution in [1.29, 1.82) is 0 Å². The average molecular weight is 286 g/mol. The van der Waals surface area contributed by atoms with E-state index in [9.17, 15) is 0 Å². The van der Waals surface area contributed by atoms with E-state index >= 15 is 0 Å². The van der Waals surface area contributed by atoms with Gasteiger partial charge in [0.05, 0.1) is 0 Å². The van der Waals surface area contributed by atoms with E-state index in [4.69, 9.17) is 8.83 Å². The van der Waals surface area contributed by atoms with Gasteiger partial charge in [-0.3, -0.25) is 0 Å². The standard InChI is InChI=1S/C20H14O2/c1-3-7-15(8-4-1)17-11-13-19(21-17)20-14-12-18(22-20)16-9-5-2-6-10-16/h1-14H. The molecule has 2 heterocycles. The maximum atomic E-state index is 5.91. The Labute approximate surface area is 128 Å². The fraction of sp³-hybridized carbons (Fsp3) is 0. The molecule has 0 spiro atoms. The van der Waals surface area contributed by atoms with E-state index in [-0.39, 0.29) is 0 Å². The van der Waals surface area contributed by atoms with E-state index in [0.717, 1.165) is 34.2 Å². The smallest absolute Gasteiger partial charge is 0.170 e. The quantitative estimate of drug-likeness (QED) is 0.470. The van der Waals surface area contributed by atoms with Gasteiger partial charge in [-0.1, -0.05) is 60.7 Å². The summed E-state index contributed by atoms with van der Waals surface area (Å²) in [5.41, 5.74) is 2.12. The summed E-state index contributed by atoms with van der Waals surface area (Å²) in [6, 6.07) is 27.9. The summed E-state index contributed by atoms with van der Waals surface area (Å²) in [6.07, 6.45) is 0. The molecule has 0 unspecified atom stereocenters. The lowest BCUT2D eigenvalue weighted by molar-refractivity contribution is 0.539. The Balaban J connectivity index is 1.66. The van der Waals surface area contributed by atoms with Crippen molar-refractivity contribution in [1.82, 2.24) is 0 Å². The van der Waals surface area contributed by atoms with E-state index in [1.54, 1.807) is 0 Å². The number of rotatable bonds is 3. The molecule has 0 fully saturated rings. The SMILES string of the molecule is c1ccc(-c2ccc(-c3ccc(-c4ccccc4)o3)o2)cc1. The van der Waals surface area contributed by atoms with Crippen molar-refractivity contribution in [3.05, 3.63) is 84.9 Å². The first-order valence-corrected chi connectivity index (χ1v) is 7.21. The minimum atomic E-state index is 0.737. The van der Waals surface area contributed by atoms with Gasteiger partial charge < -0.3 is 8.83 Å². The predicted octanol–water partition coefficient (Wildman–Crippen LogP) is 5.87. The third-order valence-corrected chi connectivity index (χ3v) is 3.57. The second-order valence-electron chi connectivity index (χ2n) is 5.06. The third-order valence-electron chi connectivity index (χ3n) is 3.57. The molecule has 22 heavy (non-hydrogen) atoms. The maximum absolute atomic E-state index is 5.91. The molecular weight excluding hydrogens is 272 g/mol. The van der Waals surface area contributed by atoms with Gasteiger partial charge in [0.25, 0.3) is 0 Å². The van der Waals surface area contributed by atoms with Crippen molar-refractivity contribution in [2.24, 2.45) is 0 Å². The Morgan fingerprint density at radius 2 is 0.727 bits per heavy atom. The first-order valence-electron chi connectivity index (χ1n) is 7.21. The fourth-order valence-corrected chi connectivity index (χ4v) is 2.46. The monoisotopic (exact) mass is 286 g/mol. The van der Waals surface area contributed by atoms with Crippen molar-refractivity contribution < 1.29 is 8.83 Å². The maximum Gasteiger partial charge on any atom is 0.170 e. The highest BCUT2D eigenvalue weighted by molar-refractivity contribution is 5.65. The number of hydrogen-bond donors (Lipinski definition) is 0. The summed E-state index contributed by atoms with van der Waals surface area (Å²) in [5, 5.41) is 0. The van der Waals surface area contributed by atoms with Gasteiger partial charge >= 0.3 is 0 Å². The minimum absolute atomic E-state index is 0.737. The zero-order valence-electron chi connectivity index (χ0n) is 11.9. The highest BCUT2D eigenvalue weighted by Crippen LogP contribution is 2.32. The second-order valence-corrected chi connectivity index (χ2v) is 5.06. The molecule has 0 radical (unpaired) electrons. The van der Waals surface area contributed by atoms with Crippen LogP contribution in [0.2, 0.25) is 0 Å². The Hall–Kier alpha value is -3.00. The number of hydrogen-bond acceptors (Lipinski definition) is 2. The fourth-order valence-electron chi connectivity index (χ4n) is 2.46. The molecule has 4 rings (SSSR count). The summed E-state index contributed by atoms with van der Waals surface area (Å²) >= 11 is 0. The summed E-state index contributed by atoms with van der Waals surface area (Å²) in [7, 11) is 0. The van der Waals surface area contributed by atoms with Crippen LogP contribution in [0.5, 0.6) is 0 Å². The van der Waals surface area contributed by atoms with Crippen LogP contribution in [0.1, 0.15) is 0 Å². The minimum Gasteiger partial charge on any atom is -0.453 e. The van der Waals surface area contributed by atoms with Crippen LogP contribution in [0.15, 0.2) is 93.8 Å². The van der Waals surface area contributed by atoms with E-state index < -0.39 is 0 Å². The Bertz CT molecular complexity index is 794. The van der Waals surface area contributed by atoms with Crippen molar-refractivity contribution in [3.8, 4) is 34.2 Å². The molecular formula is C20H14O2. The van der Waals surface area contributed by atoms with Crippen LogP contribution in [-0.2, 0) is 0 Å². The molecule has 2 aromatic carbocycles. The van der Waals surface area contributed by atoms with Crippen molar-refractivity contribution >= 4 is 0 Å². The normalized spacial score (nSPS) is 10.7. The zero-order valence-corrected chi connectivity index (χ0v) is 11.9. The molecule has 2 aromatic heterocycles. The van der Waals surface area contributed by atoms with E-state index in [1.165, 1.54) is 0 Å². The van der Waals surface area contributed by atoms with Crippen molar-refractivity contribution in [2.45, 2.75) is 0 Å². The van der Waals surface area contributed by atoms with Crippen LogP contribution in [0.4, 0.5) is 0 Å². The van der Waals surface area contributed by atoms with Crippen LogP contribution in [0.25, 0.3) is 34.2 Å². The van der Waals surface area contributed by atoms with Gasteiger partial charge in [0.2, 0.25) is 0 Å². The molecule has 0 saturated heterocycles. The largest absolute Gasteiger partial charge is 0.453 e. The van der Waals surface area contributed by atoms with Crippen molar-refractivity contribution in [2.75, 3.05) is 0 Å². The van der Waals surface area contributed by atoms with E-state index in [2.05, 4.69) is 0 Å². The van der Waals surface area contributed by atoms with Crippen LogP contribution in [0, 0.1) is 0 Å². The lowest BCUT2D eigenvalue weighted by atomic mass is 10.2. The summed E-state index contributed by atoms with van der Waals surface area (Å²) < 4.78 is 11.8. The first kappa shape index (κ1) is 12.7. The molecule has 2 heteroatoms. The van der Waals surface area contributed by atoms with Gasteiger partial charge in [0.15, 0.2) is 11.5 Å². The topological polar surface area (TPSA) is 26.3 Å². The predicted molar refractivity (Wildman–Crippen MR) is 87.3 cm³/mol. The molecule has 0 aliphatic carbocycles. The first-order chi connectivity index (χ1) is 10.9. The van der Waals surface area contributed by atoms with E-state index in [1.807, 2.05) is 84.9 Å². The third kappa shape index (κ3) is 2.35. The molecule has 2 nitrogen and oxygen atoms in total. The lowest BCUT2D eigenvalue weighted by Crippen LogP contribution is -1.71. The van der Waals surface area contributed by atoms with Crippen LogP contribution in [-0.4, -0.2) is 0 Å². The van der Waals surface area contributed by atoms with Gasteiger partial charge in [0.1, 0.15) is 11.5 Å². The molecule has 0 amide bonds. The molecule has 0 bridgehead atoms. The second kappa shape index (κ2) is 5.41. The summed E-state index contributed by atoms with van der Waals surface area (Å²) in [4.78, 5) is 0. The molecule has 106 valence electrons. The Morgan fingerprint density at radius 1 is 0.364 bits per heavy atom. The Morgan fingerprint density at radius 3 is 1.14 bits per heavy atom. The summed E-state index contributed by atoms with van der Waals surface area (Å²) in [6.45, 7) is 0. The zero-order chi connectivity index (χ0) is 14.8. The molecule has 4 aromatic rings. The van der Waals surface area contributed by atoms with Gasteiger partial charge in [-0.05, 0) is 24.3 Å². The Kier molecular flexibility index (Phi) is 3.13. The lowest BCUT2D eigenvalue weighted by Gasteiger charge is -1.97. The number of benzene rings is 2.